The van der Waals surface area contributed by atoms with Crippen molar-refractivity contribution in [2.75, 3.05) is 6.61 Å². The summed E-state index contributed by atoms with van der Waals surface area (Å²) < 4.78 is 43.3. The smallest absolute Gasteiger partial charge is 0.416 e. The van der Waals surface area contributed by atoms with Gasteiger partial charge in [-0.2, -0.15) is 13.2 Å². The number of benzene rings is 1. The predicted octanol–water partition coefficient (Wildman–Crippen LogP) is 2.74. The molecule has 0 aliphatic carbocycles. The molecule has 0 unspecified atom stereocenters. The molecule has 3 nitrogen and oxygen atoms in total. The van der Waals surface area contributed by atoms with Crippen molar-refractivity contribution in [1.82, 2.24) is 0 Å². The Morgan fingerprint density at radius 3 is 2.68 bits per heavy atom. The summed E-state index contributed by atoms with van der Waals surface area (Å²) in [5, 5.41) is 0. The lowest BCUT2D eigenvalue weighted by molar-refractivity contribution is -0.138. The molecular weight excluding hydrogens is 257 g/mol. The Kier molecular flexibility index (Phi) is 3.97. The normalized spacial score (nSPS) is 19.1. The predicted molar refractivity (Wildman–Crippen MR) is 65.7 cm³/mol. The topological polar surface area (TPSA) is 47.6 Å². The number of halogens is 3. The van der Waals surface area contributed by atoms with Crippen molar-refractivity contribution in [3.63, 3.8) is 0 Å². The van der Waals surface area contributed by atoms with Crippen LogP contribution in [-0.2, 0) is 17.3 Å². The molecule has 0 spiro atoms. The van der Waals surface area contributed by atoms with Crippen LogP contribution in [0.4, 0.5) is 13.2 Å². The van der Waals surface area contributed by atoms with Gasteiger partial charge in [0.05, 0.1) is 11.6 Å². The van der Waals surface area contributed by atoms with Crippen molar-refractivity contribution in [3.8, 4) is 0 Å². The molecule has 2 N–H and O–H groups in total. The molecule has 1 aromatic carbocycles. The van der Waals surface area contributed by atoms with E-state index in [9.17, 15) is 13.2 Å². The summed E-state index contributed by atoms with van der Waals surface area (Å²) >= 11 is 0. The van der Waals surface area contributed by atoms with Crippen LogP contribution in [0.2, 0.25) is 0 Å². The Balaban J connectivity index is 1.93. The van der Waals surface area contributed by atoms with Gasteiger partial charge < -0.3 is 10.5 Å². The third-order valence-corrected chi connectivity index (χ3v) is 3.04. The number of rotatable bonds is 4. The lowest BCUT2D eigenvalue weighted by Gasteiger charge is -2.12. The molecule has 0 fully saturated rings. The van der Waals surface area contributed by atoms with E-state index in [2.05, 4.69) is 4.99 Å². The first-order valence-electron chi connectivity index (χ1n) is 6.08. The van der Waals surface area contributed by atoms with Crippen LogP contribution < -0.4 is 5.73 Å². The summed E-state index contributed by atoms with van der Waals surface area (Å²) in [7, 11) is 0. The van der Waals surface area contributed by atoms with Crippen molar-refractivity contribution < 1.29 is 17.9 Å². The molecule has 6 heteroatoms. The summed E-state index contributed by atoms with van der Waals surface area (Å²) in [6.45, 7) is 0.423. The Hall–Kier alpha value is -1.72. The molecule has 1 aromatic rings. The van der Waals surface area contributed by atoms with E-state index in [-0.39, 0.29) is 12.1 Å². The zero-order chi connectivity index (χ0) is 13.9. The van der Waals surface area contributed by atoms with Gasteiger partial charge in [0.25, 0.3) is 6.02 Å². The second-order valence-corrected chi connectivity index (χ2v) is 4.48. The average Bonchev–Trinajstić information content (AvgIpc) is 2.74. The summed E-state index contributed by atoms with van der Waals surface area (Å²) in [6, 6.07) is 5.80. The minimum atomic E-state index is -4.30. The van der Waals surface area contributed by atoms with E-state index in [4.69, 9.17) is 10.5 Å². The first kappa shape index (κ1) is 13.7. The van der Waals surface area contributed by atoms with E-state index in [0.717, 1.165) is 6.07 Å². The molecule has 0 saturated carbocycles. The van der Waals surface area contributed by atoms with Crippen molar-refractivity contribution in [3.05, 3.63) is 35.4 Å². The summed E-state index contributed by atoms with van der Waals surface area (Å²) in [5.74, 6) is 0. The average molecular weight is 272 g/mol. The van der Waals surface area contributed by atoms with E-state index in [1.807, 2.05) is 0 Å². The fourth-order valence-electron chi connectivity index (χ4n) is 2.13. The second kappa shape index (κ2) is 5.50. The maximum absolute atomic E-state index is 12.8. The minimum absolute atomic E-state index is 0.0296. The standard InChI is InChI=1S/C13H15F3N2O/c14-13(15,16)11-7-2-1-4-9(11)5-3-6-10-8-19-12(17)18-10/h1-2,4,7,10H,3,5-6,8H2,(H2,17,18)/t10-/m0/s1. The molecule has 1 aliphatic rings. The number of ether oxygens (including phenoxy) is 1. The van der Waals surface area contributed by atoms with E-state index in [0.29, 0.717) is 31.4 Å². The highest BCUT2D eigenvalue weighted by molar-refractivity contribution is 5.72. The largest absolute Gasteiger partial charge is 0.463 e. The van der Waals surface area contributed by atoms with Gasteiger partial charge in [0.15, 0.2) is 0 Å². The van der Waals surface area contributed by atoms with Gasteiger partial charge in [-0.1, -0.05) is 18.2 Å². The number of hydrogen-bond donors (Lipinski definition) is 1. The van der Waals surface area contributed by atoms with Gasteiger partial charge in [-0.3, -0.25) is 0 Å². The number of aliphatic imine (C=N–C) groups is 1. The molecule has 0 saturated heterocycles. The molecule has 19 heavy (non-hydrogen) atoms. The molecular formula is C13H15F3N2O. The quantitative estimate of drug-likeness (QED) is 0.916. The number of hydrogen-bond acceptors (Lipinski definition) is 3. The molecule has 104 valence electrons. The fourth-order valence-corrected chi connectivity index (χ4v) is 2.13. The highest BCUT2D eigenvalue weighted by Gasteiger charge is 2.32. The lowest BCUT2D eigenvalue weighted by atomic mass is 10.00. The number of alkyl halides is 3. The molecule has 0 bridgehead atoms. The van der Waals surface area contributed by atoms with Gasteiger partial charge >= 0.3 is 6.18 Å². The second-order valence-electron chi connectivity index (χ2n) is 4.48. The number of nitrogens with zero attached hydrogens (tertiary/aromatic N) is 1. The minimum Gasteiger partial charge on any atom is -0.463 e. The van der Waals surface area contributed by atoms with Crippen molar-refractivity contribution in [2.45, 2.75) is 31.5 Å². The van der Waals surface area contributed by atoms with Crippen molar-refractivity contribution in [1.29, 1.82) is 0 Å². The summed E-state index contributed by atoms with van der Waals surface area (Å²) in [4.78, 5) is 4.04. The third kappa shape index (κ3) is 3.62. The van der Waals surface area contributed by atoms with Gasteiger partial charge in [-0.15, -0.1) is 0 Å². The maximum atomic E-state index is 12.8. The molecule has 0 aromatic heterocycles. The SMILES string of the molecule is NC1=N[C@@H](CCCc2ccccc2C(F)(F)F)CO1. The summed E-state index contributed by atoms with van der Waals surface area (Å²) in [5.41, 5.74) is 5.14. The van der Waals surface area contributed by atoms with Crippen LogP contribution in [0.3, 0.4) is 0 Å². The van der Waals surface area contributed by atoms with Crippen LogP contribution in [0.15, 0.2) is 29.3 Å². The molecule has 1 heterocycles. The fraction of sp³-hybridized carbons (Fsp3) is 0.462. The first-order valence-corrected chi connectivity index (χ1v) is 6.08. The monoisotopic (exact) mass is 272 g/mol. The van der Waals surface area contributed by atoms with Gasteiger partial charge in [0.2, 0.25) is 0 Å². The van der Waals surface area contributed by atoms with Crippen LogP contribution in [0, 0.1) is 0 Å². The van der Waals surface area contributed by atoms with Gasteiger partial charge in [-0.25, -0.2) is 4.99 Å². The van der Waals surface area contributed by atoms with E-state index in [1.54, 1.807) is 6.07 Å². The number of aryl methyl sites for hydroxylation is 1. The summed E-state index contributed by atoms with van der Waals surface area (Å²) in [6.07, 6.45) is -2.62. The highest BCUT2D eigenvalue weighted by atomic mass is 19.4. The first-order chi connectivity index (χ1) is 8.97. The lowest BCUT2D eigenvalue weighted by Crippen LogP contribution is -2.11. The van der Waals surface area contributed by atoms with Crippen LogP contribution >= 0.6 is 0 Å². The Morgan fingerprint density at radius 2 is 2.05 bits per heavy atom. The maximum Gasteiger partial charge on any atom is 0.416 e. The van der Waals surface area contributed by atoms with Crippen LogP contribution in [0.1, 0.15) is 24.0 Å². The Bertz CT molecular complexity index is 471. The van der Waals surface area contributed by atoms with Crippen molar-refractivity contribution >= 4 is 6.02 Å². The van der Waals surface area contributed by atoms with E-state index in [1.165, 1.54) is 12.1 Å². The molecule has 0 amide bonds. The van der Waals surface area contributed by atoms with E-state index < -0.39 is 11.7 Å². The van der Waals surface area contributed by atoms with Gasteiger partial charge in [0, 0.05) is 0 Å². The third-order valence-electron chi connectivity index (χ3n) is 3.04. The molecule has 0 radical (unpaired) electrons. The molecule has 1 atom stereocenters. The van der Waals surface area contributed by atoms with Crippen LogP contribution in [0.5, 0.6) is 0 Å². The van der Waals surface area contributed by atoms with Crippen LogP contribution in [-0.4, -0.2) is 18.7 Å². The molecule has 2 rings (SSSR count). The van der Waals surface area contributed by atoms with Gasteiger partial charge in [-0.05, 0) is 30.9 Å². The number of nitrogens with two attached hydrogens (primary N) is 1. The highest BCUT2D eigenvalue weighted by Crippen LogP contribution is 2.32. The Morgan fingerprint density at radius 1 is 1.32 bits per heavy atom. The van der Waals surface area contributed by atoms with E-state index >= 15 is 0 Å². The van der Waals surface area contributed by atoms with Crippen LogP contribution in [0.25, 0.3) is 0 Å². The number of amidine groups is 1. The zero-order valence-corrected chi connectivity index (χ0v) is 10.3. The van der Waals surface area contributed by atoms with Gasteiger partial charge in [0.1, 0.15) is 6.61 Å². The van der Waals surface area contributed by atoms with Crippen molar-refractivity contribution in [2.24, 2.45) is 10.7 Å². The Labute approximate surface area is 109 Å². The molecule has 1 aliphatic heterocycles. The zero-order valence-electron chi connectivity index (χ0n) is 10.3.